The number of ether oxygens (including phenoxy) is 1. The summed E-state index contributed by atoms with van der Waals surface area (Å²) in [5.74, 6) is 3.45. The van der Waals surface area contributed by atoms with Gasteiger partial charge in [0.05, 0.1) is 0 Å². The molecular weight excluding hydrogens is 230 g/mol. The lowest BCUT2D eigenvalue weighted by molar-refractivity contribution is 0.192. The molecule has 1 aliphatic heterocycles. The van der Waals surface area contributed by atoms with Crippen molar-refractivity contribution in [2.75, 3.05) is 11.5 Å². The molecule has 2 N–H and O–H groups in total. The van der Waals surface area contributed by atoms with E-state index >= 15 is 0 Å². The van der Waals surface area contributed by atoms with Crippen molar-refractivity contribution in [3.8, 4) is 5.75 Å². The summed E-state index contributed by atoms with van der Waals surface area (Å²) < 4.78 is 6.02. The molecule has 17 heavy (non-hydrogen) atoms. The van der Waals surface area contributed by atoms with Gasteiger partial charge in [-0.2, -0.15) is 11.8 Å². The van der Waals surface area contributed by atoms with Crippen LogP contribution in [0, 0.1) is 0 Å². The maximum Gasteiger partial charge on any atom is 0.119 e. The quantitative estimate of drug-likeness (QED) is 0.893. The lowest BCUT2D eigenvalue weighted by Gasteiger charge is -2.23. The molecule has 0 spiro atoms. The molecule has 0 radical (unpaired) electrons. The SMILES string of the molecule is CC(N)Cc1cccc(OC2CCSCC2)c1. The minimum Gasteiger partial charge on any atom is -0.490 e. The lowest BCUT2D eigenvalue weighted by Crippen LogP contribution is -2.22. The van der Waals surface area contributed by atoms with E-state index in [4.69, 9.17) is 10.5 Å². The van der Waals surface area contributed by atoms with Crippen molar-refractivity contribution in [3.63, 3.8) is 0 Å². The Balaban J connectivity index is 1.95. The van der Waals surface area contributed by atoms with Crippen LogP contribution in [-0.2, 0) is 6.42 Å². The molecule has 3 heteroatoms. The third-order valence-corrected chi connectivity index (χ3v) is 3.98. The molecule has 0 amide bonds. The minimum absolute atomic E-state index is 0.205. The summed E-state index contributed by atoms with van der Waals surface area (Å²) in [6.45, 7) is 2.03. The second-order valence-corrected chi connectivity index (χ2v) is 5.98. The van der Waals surface area contributed by atoms with Crippen molar-refractivity contribution >= 4 is 11.8 Å². The van der Waals surface area contributed by atoms with Gasteiger partial charge in [-0.25, -0.2) is 0 Å². The highest BCUT2D eigenvalue weighted by molar-refractivity contribution is 7.99. The maximum atomic E-state index is 6.02. The molecule has 1 atom stereocenters. The largest absolute Gasteiger partial charge is 0.490 e. The first-order valence-corrected chi connectivity index (χ1v) is 7.48. The van der Waals surface area contributed by atoms with Crippen LogP contribution in [0.1, 0.15) is 25.3 Å². The van der Waals surface area contributed by atoms with Gasteiger partial charge in [0.25, 0.3) is 0 Å². The van der Waals surface area contributed by atoms with Crippen LogP contribution < -0.4 is 10.5 Å². The van der Waals surface area contributed by atoms with Gasteiger partial charge in [-0.05, 0) is 55.4 Å². The molecule has 94 valence electrons. The second kappa shape index (κ2) is 6.31. The standard InChI is InChI=1S/C14H21NOS/c1-11(15)9-12-3-2-4-14(10-12)16-13-5-7-17-8-6-13/h2-4,10-11,13H,5-9,15H2,1H3. The summed E-state index contributed by atoms with van der Waals surface area (Å²) in [7, 11) is 0. The van der Waals surface area contributed by atoms with Gasteiger partial charge in [0.15, 0.2) is 0 Å². The third-order valence-electron chi connectivity index (χ3n) is 2.93. The van der Waals surface area contributed by atoms with E-state index in [2.05, 4.69) is 18.2 Å². The van der Waals surface area contributed by atoms with E-state index in [0.717, 1.165) is 12.2 Å². The molecule has 1 aliphatic rings. The third kappa shape index (κ3) is 4.25. The molecule has 1 heterocycles. The Morgan fingerprint density at radius 2 is 2.18 bits per heavy atom. The summed E-state index contributed by atoms with van der Waals surface area (Å²) in [4.78, 5) is 0. The zero-order valence-corrected chi connectivity index (χ0v) is 11.2. The Labute approximate surface area is 108 Å². The van der Waals surface area contributed by atoms with Crippen molar-refractivity contribution in [2.24, 2.45) is 5.73 Å². The topological polar surface area (TPSA) is 35.2 Å². The van der Waals surface area contributed by atoms with E-state index in [1.54, 1.807) is 0 Å². The molecule has 1 saturated heterocycles. The van der Waals surface area contributed by atoms with Crippen LogP contribution >= 0.6 is 11.8 Å². The van der Waals surface area contributed by atoms with E-state index in [0.29, 0.717) is 6.10 Å². The van der Waals surface area contributed by atoms with Crippen LogP contribution in [0.25, 0.3) is 0 Å². The summed E-state index contributed by atoms with van der Waals surface area (Å²) >= 11 is 2.02. The smallest absolute Gasteiger partial charge is 0.119 e. The average molecular weight is 251 g/mol. The number of rotatable bonds is 4. The molecule has 1 aromatic carbocycles. The molecule has 2 rings (SSSR count). The normalized spacial score (nSPS) is 18.9. The first kappa shape index (κ1) is 12.8. The van der Waals surface area contributed by atoms with Gasteiger partial charge in [-0.3, -0.25) is 0 Å². The maximum absolute atomic E-state index is 6.02. The fraction of sp³-hybridized carbons (Fsp3) is 0.571. The van der Waals surface area contributed by atoms with Crippen molar-refractivity contribution in [3.05, 3.63) is 29.8 Å². The minimum atomic E-state index is 0.205. The van der Waals surface area contributed by atoms with E-state index in [1.165, 1.54) is 29.9 Å². The van der Waals surface area contributed by atoms with Gasteiger partial charge in [-0.1, -0.05) is 12.1 Å². The Hall–Kier alpha value is -0.670. The van der Waals surface area contributed by atoms with Crippen molar-refractivity contribution in [2.45, 2.75) is 38.3 Å². The van der Waals surface area contributed by atoms with Crippen molar-refractivity contribution in [1.29, 1.82) is 0 Å². The van der Waals surface area contributed by atoms with E-state index < -0.39 is 0 Å². The highest BCUT2D eigenvalue weighted by Crippen LogP contribution is 2.23. The second-order valence-electron chi connectivity index (χ2n) is 4.76. The van der Waals surface area contributed by atoms with Gasteiger partial charge in [0, 0.05) is 6.04 Å². The van der Waals surface area contributed by atoms with E-state index in [-0.39, 0.29) is 6.04 Å². The molecule has 1 aromatic rings. The van der Waals surface area contributed by atoms with Gasteiger partial charge >= 0.3 is 0 Å². The number of nitrogens with two attached hydrogens (primary N) is 1. The highest BCUT2D eigenvalue weighted by atomic mass is 32.2. The number of benzene rings is 1. The predicted molar refractivity (Wildman–Crippen MR) is 74.8 cm³/mol. The average Bonchev–Trinajstić information content (AvgIpc) is 2.30. The molecule has 0 aliphatic carbocycles. The van der Waals surface area contributed by atoms with Crippen molar-refractivity contribution in [1.82, 2.24) is 0 Å². The Morgan fingerprint density at radius 3 is 2.88 bits per heavy atom. The molecule has 1 fully saturated rings. The zero-order valence-electron chi connectivity index (χ0n) is 10.4. The van der Waals surface area contributed by atoms with Crippen LogP contribution in [0.2, 0.25) is 0 Å². The molecule has 2 nitrogen and oxygen atoms in total. The number of hydrogen-bond acceptors (Lipinski definition) is 3. The van der Waals surface area contributed by atoms with Crippen LogP contribution in [0.15, 0.2) is 24.3 Å². The summed E-state index contributed by atoms with van der Waals surface area (Å²) in [5, 5.41) is 0. The first-order chi connectivity index (χ1) is 8.24. The number of hydrogen-bond donors (Lipinski definition) is 1. The molecule has 1 unspecified atom stereocenters. The molecule has 0 saturated carbocycles. The Bertz CT molecular complexity index is 348. The Morgan fingerprint density at radius 1 is 1.41 bits per heavy atom. The van der Waals surface area contributed by atoms with Gasteiger partial charge in [0.2, 0.25) is 0 Å². The van der Waals surface area contributed by atoms with Crippen LogP contribution in [-0.4, -0.2) is 23.7 Å². The van der Waals surface area contributed by atoms with Crippen molar-refractivity contribution < 1.29 is 4.74 Å². The van der Waals surface area contributed by atoms with E-state index in [1.807, 2.05) is 24.8 Å². The van der Waals surface area contributed by atoms with Crippen LogP contribution in [0.4, 0.5) is 0 Å². The molecule has 0 bridgehead atoms. The Kier molecular flexibility index (Phi) is 4.75. The monoisotopic (exact) mass is 251 g/mol. The molecular formula is C14H21NOS. The zero-order chi connectivity index (χ0) is 12.1. The fourth-order valence-corrected chi connectivity index (χ4v) is 3.17. The molecule has 0 aromatic heterocycles. The van der Waals surface area contributed by atoms with Gasteiger partial charge in [0.1, 0.15) is 11.9 Å². The van der Waals surface area contributed by atoms with Crippen LogP contribution in [0.3, 0.4) is 0 Å². The highest BCUT2D eigenvalue weighted by Gasteiger charge is 2.15. The fourth-order valence-electron chi connectivity index (χ4n) is 2.10. The van der Waals surface area contributed by atoms with Gasteiger partial charge in [-0.15, -0.1) is 0 Å². The first-order valence-electron chi connectivity index (χ1n) is 6.33. The lowest BCUT2D eigenvalue weighted by atomic mass is 10.1. The number of thioether (sulfide) groups is 1. The summed E-state index contributed by atoms with van der Waals surface area (Å²) in [6.07, 6.45) is 3.66. The van der Waals surface area contributed by atoms with E-state index in [9.17, 15) is 0 Å². The van der Waals surface area contributed by atoms with Crippen LogP contribution in [0.5, 0.6) is 5.75 Å². The summed E-state index contributed by atoms with van der Waals surface area (Å²) in [5.41, 5.74) is 7.08. The predicted octanol–water partition coefficient (Wildman–Crippen LogP) is 2.85. The van der Waals surface area contributed by atoms with Gasteiger partial charge < -0.3 is 10.5 Å². The summed E-state index contributed by atoms with van der Waals surface area (Å²) in [6, 6.07) is 8.56.